The molecular formula is C15H12Cl2N4O. The van der Waals surface area contributed by atoms with Gasteiger partial charge in [0.15, 0.2) is 5.82 Å². The first-order valence-electron chi connectivity index (χ1n) is 6.52. The van der Waals surface area contributed by atoms with Crippen LogP contribution < -0.4 is 10.1 Å². The van der Waals surface area contributed by atoms with Gasteiger partial charge in [0.1, 0.15) is 12.4 Å². The number of nitrogens with one attached hydrogen (secondary N) is 2. The number of aromatic nitrogens is 3. The second-order valence-electron chi connectivity index (χ2n) is 4.46. The fourth-order valence-electron chi connectivity index (χ4n) is 1.80. The Bertz CT molecular complexity index is 761. The molecule has 3 rings (SSSR count). The van der Waals surface area contributed by atoms with Crippen molar-refractivity contribution in [1.82, 2.24) is 15.2 Å². The van der Waals surface area contributed by atoms with E-state index < -0.39 is 0 Å². The predicted molar refractivity (Wildman–Crippen MR) is 86.9 cm³/mol. The van der Waals surface area contributed by atoms with E-state index in [4.69, 9.17) is 27.9 Å². The molecule has 0 radical (unpaired) electrons. The van der Waals surface area contributed by atoms with Gasteiger partial charge < -0.3 is 10.1 Å². The first kappa shape index (κ1) is 14.7. The highest BCUT2D eigenvalue weighted by Crippen LogP contribution is 2.28. The van der Waals surface area contributed by atoms with Crippen LogP contribution in [0.1, 0.15) is 5.82 Å². The van der Waals surface area contributed by atoms with Crippen molar-refractivity contribution in [1.29, 1.82) is 0 Å². The van der Waals surface area contributed by atoms with E-state index in [1.165, 1.54) is 0 Å². The maximum atomic E-state index is 6.04. The van der Waals surface area contributed by atoms with Gasteiger partial charge in [-0.3, -0.25) is 5.10 Å². The van der Waals surface area contributed by atoms with Gasteiger partial charge in [-0.1, -0.05) is 41.4 Å². The molecule has 0 amide bonds. The van der Waals surface area contributed by atoms with Crippen molar-refractivity contribution in [2.24, 2.45) is 0 Å². The van der Waals surface area contributed by atoms with Crippen molar-refractivity contribution < 1.29 is 4.74 Å². The quantitative estimate of drug-likeness (QED) is 0.724. The van der Waals surface area contributed by atoms with Gasteiger partial charge in [0.05, 0.1) is 5.02 Å². The summed E-state index contributed by atoms with van der Waals surface area (Å²) in [6.45, 7) is 0.227. The summed E-state index contributed by atoms with van der Waals surface area (Å²) in [5, 5.41) is 11.0. The average Bonchev–Trinajstić information content (AvgIpc) is 2.95. The number of benzene rings is 2. The van der Waals surface area contributed by atoms with Crippen molar-refractivity contribution in [3.63, 3.8) is 0 Å². The molecule has 1 aromatic heterocycles. The van der Waals surface area contributed by atoms with Gasteiger partial charge in [-0.2, -0.15) is 4.98 Å². The van der Waals surface area contributed by atoms with E-state index in [9.17, 15) is 0 Å². The molecule has 2 N–H and O–H groups in total. The largest absolute Gasteiger partial charge is 0.484 e. The van der Waals surface area contributed by atoms with Crippen LogP contribution in [-0.4, -0.2) is 15.2 Å². The smallest absolute Gasteiger partial charge is 0.246 e. The lowest BCUT2D eigenvalue weighted by Gasteiger charge is -2.06. The minimum atomic E-state index is 0.227. The van der Waals surface area contributed by atoms with Crippen LogP contribution in [0.3, 0.4) is 0 Å². The van der Waals surface area contributed by atoms with E-state index in [0.717, 1.165) is 5.69 Å². The number of para-hydroxylation sites is 1. The van der Waals surface area contributed by atoms with E-state index >= 15 is 0 Å². The molecule has 0 aliphatic heterocycles. The molecule has 1 heterocycles. The van der Waals surface area contributed by atoms with Crippen molar-refractivity contribution in [2.45, 2.75) is 6.61 Å². The molecule has 0 unspecified atom stereocenters. The van der Waals surface area contributed by atoms with Crippen molar-refractivity contribution >= 4 is 34.8 Å². The average molecular weight is 335 g/mol. The van der Waals surface area contributed by atoms with Crippen LogP contribution in [0.5, 0.6) is 5.75 Å². The maximum absolute atomic E-state index is 6.04. The summed E-state index contributed by atoms with van der Waals surface area (Å²) in [6, 6.07) is 14.7. The zero-order valence-electron chi connectivity index (χ0n) is 11.4. The van der Waals surface area contributed by atoms with Gasteiger partial charge >= 0.3 is 0 Å². The van der Waals surface area contributed by atoms with E-state index in [2.05, 4.69) is 20.5 Å². The molecule has 7 heteroatoms. The van der Waals surface area contributed by atoms with Gasteiger partial charge in [-0.05, 0) is 30.3 Å². The number of hydrogen-bond donors (Lipinski definition) is 2. The number of ether oxygens (including phenoxy) is 1. The van der Waals surface area contributed by atoms with E-state index in [1.807, 2.05) is 30.3 Å². The molecule has 0 fully saturated rings. The Hall–Kier alpha value is -2.24. The summed E-state index contributed by atoms with van der Waals surface area (Å²) in [5.74, 6) is 1.61. The molecule has 0 saturated heterocycles. The number of anilines is 2. The second-order valence-corrected chi connectivity index (χ2v) is 5.30. The lowest BCUT2D eigenvalue weighted by Crippen LogP contribution is -1.98. The highest BCUT2D eigenvalue weighted by molar-refractivity contribution is 6.35. The third-order valence-electron chi connectivity index (χ3n) is 2.82. The normalized spacial score (nSPS) is 10.5. The number of halogens is 2. The zero-order valence-corrected chi connectivity index (χ0v) is 12.9. The molecular weight excluding hydrogens is 323 g/mol. The number of aromatic amines is 1. The molecule has 22 heavy (non-hydrogen) atoms. The van der Waals surface area contributed by atoms with E-state index in [0.29, 0.717) is 27.6 Å². The van der Waals surface area contributed by atoms with Crippen LogP contribution in [0.4, 0.5) is 11.6 Å². The molecule has 0 saturated carbocycles. The zero-order chi connectivity index (χ0) is 15.4. The molecule has 0 bridgehead atoms. The molecule has 0 aliphatic rings. The molecule has 2 aromatic carbocycles. The summed E-state index contributed by atoms with van der Waals surface area (Å²) in [5.41, 5.74) is 0.912. The van der Waals surface area contributed by atoms with Crippen molar-refractivity contribution in [3.8, 4) is 5.75 Å². The molecule has 112 valence electrons. The van der Waals surface area contributed by atoms with Gasteiger partial charge in [0.2, 0.25) is 5.95 Å². The Morgan fingerprint density at radius 2 is 1.91 bits per heavy atom. The third-order valence-corrected chi connectivity index (χ3v) is 3.35. The summed E-state index contributed by atoms with van der Waals surface area (Å²) < 4.78 is 5.59. The Morgan fingerprint density at radius 3 is 2.68 bits per heavy atom. The lowest BCUT2D eigenvalue weighted by atomic mass is 10.3. The number of nitrogens with zero attached hydrogens (tertiary/aromatic N) is 2. The Morgan fingerprint density at radius 1 is 1.09 bits per heavy atom. The molecule has 0 aliphatic carbocycles. The Labute approximate surface area is 137 Å². The van der Waals surface area contributed by atoms with Crippen LogP contribution >= 0.6 is 23.2 Å². The predicted octanol–water partition coefficient (Wildman–Crippen LogP) is 4.43. The topological polar surface area (TPSA) is 62.8 Å². The minimum Gasteiger partial charge on any atom is -0.484 e. The third kappa shape index (κ3) is 3.69. The number of hydrogen-bond acceptors (Lipinski definition) is 4. The van der Waals surface area contributed by atoms with Gasteiger partial charge in [0.25, 0.3) is 0 Å². The first-order chi connectivity index (χ1) is 10.7. The second kappa shape index (κ2) is 6.68. The van der Waals surface area contributed by atoms with Crippen LogP contribution in [0.15, 0.2) is 48.5 Å². The summed E-state index contributed by atoms with van der Waals surface area (Å²) in [4.78, 5) is 4.30. The summed E-state index contributed by atoms with van der Waals surface area (Å²) in [7, 11) is 0. The monoisotopic (exact) mass is 334 g/mol. The molecule has 3 aromatic rings. The summed E-state index contributed by atoms with van der Waals surface area (Å²) in [6.07, 6.45) is 0. The van der Waals surface area contributed by atoms with Gasteiger partial charge in [-0.25, -0.2) is 0 Å². The standard InChI is InChI=1S/C15H12Cl2N4O/c16-10-6-7-13(12(17)8-10)22-9-14-19-15(21-20-14)18-11-4-2-1-3-5-11/h1-8H,9H2,(H2,18,19,20,21). The first-order valence-corrected chi connectivity index (χ1v) is 7.27. The van der Waals surface area contributed by atoms with Crippen molar-refractivity contribution in [2.75, 3.05) is 5.32 Å². The van der Waals surface area contributed by atoms with Crippen molar-refractivity contribution in [3.05, 3.63) is 64.4 Å². The molecule has 0 atom stereocenters. The Kier molecular flexibility index (Phi) is 4.46. The highest BCUT2D eigenvalue weighted by Gasteiger charge is 2.06. The maximum Gasteiger partial charge on any atom is 0.246 e. The molecule has 5 nitrogen and oxygen atoms in total. The number of rotatable bonds is 5. The molecule has 0 spiro atoms. The van der Waals surface area contributed by atoms with Crippen LogP contribution in [0.2, 0.25) is 10.0 Å². The summed E-state index contributed by atoms with van der Waals surface area (Å²) >= 11 is 11.9. The SMILES string of the molecule is Clc1ccc(OCc2nc(Nc3ccccc3)n[nH]2)c(Cl)c1. The van der Waals surface area contributed by atoms with Crippen LogP contribution in [-0.2, 0) is 6.61 Å². The van der Waals surface area contributed by atoms with Crippen LogP contribution in [0, 0.1) is 0 Å². The fraction of sp³-hybridized carbons (Fsp3) is 0.0667. The minimum absolute atomic E-state index is 0.227. The van der Waals surface area contributed by atoms with Gasteiger partial charge in [-0.15, -0.1) is 5.10 Å². The van der Waals surface area contributed by atoms with Gasteiger partial charge in [0, 0.05) is 10.7 Å². The van der Waals surface area contributed by atoms with E-state index in [1.54, 1.807) is 18.2 Å². The fourth-order valence-corrected chi connectivity index (χ4v) is 2.27. The van der Waals surface area contributed by atoms with Crippen LogP contribution in [0.25, 0.3) is 0 Å². The lowest BCUT2D eigenvalue weighted by molar-refractivity contribution is 0.296. The Balaban J connectivity index is 1.62. The van der Waals surface area contributed by atoms with E-state index in [-0.39, 0.29) is 6.61 Å². The highest BCUT2D eigenvalue weighted by atomic mass is 35.5. The number of H-pyrrole nitrogens is 1.